The number of para-hydroxylation sites is 1. The Balaban J connectivity index is 1.53. The number of ether oxygens (including phenoxy) is 1. The highest BCUT2D eigenvalue weighted by molar-refractivity contribution is 7.70. The number of nitrogens with zero attached hydrogens (tertiary/aromatic N) is 3. The van der Waals surface area contributed by atoms with Crippen LogP contribution in [0.25, 0.3) is 0 Å². The number of thiol groups is 1. The van der Waals surface area contributed by atoms with E-state index < -0.39 is 10.9 Å². The van der Waals surface area contributed by atoms with Crippen LogP contribution in [0.3, 0.4) is 0 Å². The molecule has 35 heavy (non-hydrogen) atoms. The summed E-state index contributed by atoms with van der Waals surface area (Å²) in [7, 11) is -1.09. The first-order valence-electron chi connectivity index (χ1n) is 11.1. The highest BCUT2D eigenvalue weighted by Crippen LogP contribution is 2.33. The summed E-state index contributed by atoms with van der Waals surface area (Å²) >= 11 is 6.34. The molecule has 5 N–H and O–H groups in total. The van der Waals surface area contributed by atoms with Crippen LogP contribution >= 0.6 is 11.6 Å². The monoisotopic (exact) mass is 517 g/mol. The fourth-order valence-corrected chi connectivity index (χ4v) is 4.28. The SMILES string of the molecule is COc1cc(N2CCC(N)CC2)ccc1Nc1ncc(Cl)c(Nc2ccccc2CN[SH](=O)=O)n1. The Kier molecular flexibility index (Phi) is 8.24. The number of nitrogens with one attached hydrogen (secondary N) is 3. The molecule has 0 spiro atoms. The lowest BCUT2D eigenvalue weighted by Gasteiger charge is -2.32. The standard InChI is InChI=1S/C23H28ClN7O3S/c1-34-21-12-17(31-10-8-16(25)9-11-31)6-7-20(21)29-23-26-14-18(24)22(30-23)28-19-5-3-2-4-15(19)13-27-35(32)33/h2-7,12,14,16,35H,8-11,13,25H2,1H3,(H,27,32,33)(H2,26,28,29,30). The fourth-order valence-electron chi connectivity index (χ4n) is 3.85. The van der Waals surface area contributed by atoms with Crippen molar-refractivity contribution in [1.29, 1.82) is 0 Å². The summed E-state index contributed by atoms with van der Waals surface area (Å²) in [6.45, 7) is 1.96. The van der Waals surface area contributed by atoms with Crippen LogP contribution in [-0.2, 0) is 17.4 Å². The number of nitrogens with two attached hydrogens (primary N) is 1. The van der Waals surface area contributed by atoms with E-state index in [1.165, 1.54) is 6.20 Å². The van der Waals surface area contributed by atoms with Crippen LogP contribution in [0.2, 0.25) is 5.02 Å². The average Bonchev–Trinajstić information content (AvgIpc) is 2.86. The van der Waals surface area contributed by atoms with Gasteiger partial charge in [0.05, 0.1) is 19.0 Å². The lowest BCUT2D eigenvalue weighted by molar-refractivity contribution is 0.416. The lowest BCUT2D eigenvalue weighted by Crippen LogP contribution is -2.39. The molecule has 2 aromatic carbocycles. The Hall–Kier alpha value is -3.12. The van der Waals surface area contributed by atoms with Gasteiger partial charge in [-0.3, -0.25) is 0 Å². The number of halogens is 1. The van der Waals surface area contributed by atoms with E-state index in [-0.39, 0.29) is 12.6 Å². The van der Waals surface area contributed by atoms with Crippen molar-refractivity contribution in [1.82, 2.24) is 14.7 Å². The van der Waals surface area contributed by atoms with E-state index in [2.05, 4.69) is 30.2 Å². The number of rotatable bonds is 9. The predicted molar refractivity (Wildman–Crippen MR) is 140 cm³/mol. The molecule has 0 saturated carbocycles. The number of methoxy groups -OCH3 is 1. The van der Waals surface area contributed by atoms with Crippen molar-refractivity contribution >= 4 is 51.3 Å². The van der Waals surface area contributed by atoms with Gasteiger partial charge in [0, 0.05) is 43.1 Å². The van der Waals surface area contributed by atoms with E-state index in [9.17, 15) is 8.42 Å². The zero-order valence-corrected chi connectivity index (χ0v) is 20.9. The van der Waals surface area contributed by atoms with Gasteiger partial charge in [-0.15, -0.1) is 0 Å². The minimum atomic E-state index is -2.71. The second kappa shape index (κ2) is 11.5. The van der Waals surface area contributed by atoms with E-state index >= 15 is 0 Å². The number of hydrogen-bond acceptors (Lipinski definition) is 9. The van der Waals surface area contributed by atoms with Crippen molar-refractivity contribution in [2.75, 3.05) is 35.7 Å². The van der Waals surface area contributed by atoms with Crippen molar-refractivity contribution in [2.45, 2.75) is 25.4 Å². The number of hydrogen-bond donors (Lipinski definition) is 5. The van der Waals surface area contributed by atoms with E-state index in [0.29, 0.717) is 33.9 Å². The molecule has 12 heteroatoms. The Bertz CT molecular complexity index is 1240. The topological polar surface area (TPSA) is 134 Å². The molecule has 1 aromatic heterocycles. The Morgan fingerprint density at radius 2 is 1.91 bits per heavy atom. The summed E-state index contributed by atoms with van der Waals surface area (Å²) in [5.74, 6) is 1.36. The Labute approximate surface area is 210 Å². The smallest absolute Gasteiger partial charge is 0.229 e. The maximum atomic E-state index is 10.9. The largest absolute Gasteiger partial charge is 0.494 e. The molecule has 1 saturated heterocycles. The minimum Gasteiger partial charge on any atom is -0.494 e. The lowest BCUT2D eigenvalue weighted by atomic mass is 10.1. The summed E-state index contributed by atoms with van der Waals surface area (Å²) < 4.78 is 29.9. The van der Waals surface area contributed by atoms with Gasteiger partial charge < -0.3 is 26.0 Å². The van der Waals surface area contributed by atoms with Gasteiger partial charge in [0.15, 0.2) is 5.82 Å². The third kappa shape index (κ3) is 6.51. The van der Waals surface area contributed by atoms with Crippen LogP contribution in [0.5, 0.6) is 5.75 Å². The molecule has 0 atom stereocenters. The minimum absolute atomic E-state index is 0.141. The third-order valence-corrected chi connectivity index (χ3v) is 6.44. The highest BCUT2D eigenvalue weighted by atomic mass is 35.5. The molecule has 4 rings (SSSR count). The summed E-state index contributed by atoms with van der Waals surface area (Å²) in [5, 5.41) is 6.68. The van der Waals surface area contributed by atoms with Crippen molar-refractivity contribution in [3.8, 4) is 5.75 Å². The molecule has 0 bridgehead atoms. The van der Waals surface area contributed by atoms with Crippen LogP contribution in [0.1, 0.15) is 18.4 Å². The second-order valence-corrected chi connectivity index (χ2v) is 9.34. The molecule has 2 heterocycles. The zero-order chi connectivity index (χ0) is 24.8. The Morgan fingerprint density at radius 3 is 2.66 bits per heavy atom. The summed E-state index contributed by atoms with van der Waals surface area (Å²) in [4.78, 5) is 11.1. The molecule has 186 valence electrons. The molecule has 1 aliphatic rings. The average molecular weight is 518 g/mol. The summed E-state index contributed by atoms with van der Waals surface area (Å²) in [6.07, 6.45) is 3.42. The van der Waals surface area contributed by atoms with Crippen LogP contribution in [0.15, 0.2) is 48.7 Å². The first-order valence-corrected chi connectivity index (χ1v) is 12.7. The first-order chi connectivity index (χ1) is 16.9. The number of anilines is 5. The second-order valence-electron chi connectivity index (χ2n) is 8.10. The molecular formula is C23H28ClN7O3S. The van der Waals surface area contributed by atoms with Crippen molar-refractivity contribution in [3.05, 3.63) is 59.2 Å². The molecule has 0 unspecified atom stereocenters. The van der Waals surface area contributed by atoms with Gasteiger partial charge in [-0.2, -0.15) is 4.98 Å². The Morgan fingerprint density at radius 1 is 1.14 bits per heavy atom. The van der Waals surface area contributed by atoms with Gasteiger partial charge in [0.1, 0.15) is 10.8 Å². The van der Waals surface area contributed by atoms with Gasteiger partial charge >= 0.3 is 0 Å². The van der Waals surface area contributed by atoms with Crippen LogP contribution in [0, 0.1) is 0 Å². The summed E-state index contributed by atoms with van der Waals surface area (Å²) in [6, 6.07) is 13.5. The fraction of sp³-hybridized carbons (Fsp3) is 0.304. The normalized spacial score (nSPS) is 14.2. The predicted octanol–water partition coefficient (Wildman–Crippen LogP) is 3.17. The van der Waals surface area contributed by atoms with Gasteiger partial charge in [0.2, 0.25) is 16.8 Å². The molecule has 1 fully saturated rings. The maximum Gasteiger partial charge on any atom is 0.229 e. The molecule has 0 radical (unpaired) electrons. The van der Waals surface area contributed by atoms with E-state index in [0.717, 1.165) is 37.2 Å². The van der Waals surface area contributed by atoms with E-state index in [4.69, 9.17) is 22.1 Å². The molecular weight excluding hydrogens is 490 g/mol. The number of benzene rings is 2. The molecule has 0 aliphatic carbocycles. The quantitative estimate of drug-likeness (QED) is 0.271. The van der Waals surface area contributed by atoms with Crippen LogP contribution < -0.4 is 30.7 Å². The van der Waals surface area contributed by atoms with Gasteiger partial charge in [-0.1, -0.05) is 29.8 Å². The zero-order valence-electron chi connectivity index (χ0n) is 19.2. The van der Waals surface area contributed by atoms with Crippen molar-refractivity contribution in [3.63, 3.8) is 0 Å². The van der Waals surface area contributed by atoms with E-state index in [1.807, 2.05) is 42.5 Å². The molecule has 10 nitrogen and oxygen atoms in total. The summed E-state index contributed by atoms with van der Waals surface area (Å²) in [5.41, 5.74) is 9.23. The molecule has 3 aromatic rings. The van der Waals surface area contributed by atoms with Gasteiger partial charge in [0.25, 0.3) is 0 Å². The van der Waals surface area contributed by atoms with Gasteiger partial charge in [-0.05, 0) is 36.6 Å². The van der Waals surface area contributed by atoms with Gasteiger partial charge in [-0.25, -0.2) is 18.1 Å². The molecule has 1 aliphatic heterocycles. The third-order valence-electron chi connectivity index (χ3n) is 5.75. The van der Waals surface area contributed by atoms with Crippen LogP contribution in [-0.4, -0.2) is 44.6 Å². The first kappa shape index (κ1) is 25.0. The van der Waals surface area contributed by atoms with Crippen molar-refractivity contribution < 1.29 is 13.2 Å². The maximum absolute atomic E-state index is 10.9. The van der Waals surface area contributed by atoms with Crippen molar-refractivity contribution in [2.24, 2.45) is 5.73 Å². The number of piperidine rings is 1. The molecule has 0 amide bonds. The number of aromatic nitrogens is 2. The van der Waals surface area contributed by atoms with Crippen LogP contribution in [0.4, 0.5) is 28.8 Å². The highest BCUT2D eigenvalue weighted by Gasteiger charge is 2.18. The van der Waals surface area contributed by atoms with E-state index in [1.54, 1.807) is 7.11 Å².